The standard InChI is InChI=1S/C10H14ClN/c1-7-3-4-9(8(2)6-12)10(11)5-7/h3-5,8H,6,12H2,1-2H3. The number of rotatable bonds is 2. The fraction of sp³-hybridized carbons (Fsp3) is 0.400. The molecule has 0 saturated carbocycles. The molecule has 0 radical (unpaired) electrons. The minimum atomic E-state index is 0.345. The van der Waals surface area contributed by atoms with Crippen LogP contribution in [0.15, 0.2) is 18.2 Å². The Morgan fingerprint density at radius 2 is 2.17 bits per heavy atom. The molecule has 0 amide bonds. The lowest BCUT2D eigenvalue weighted by Gasteiger charge is -2.10. The van der Waals surface area contributed by atoms with Crippen LogP contribution in [-0.2, 0) is 0 Å². The molecule has 0 aliphatic carbocycles. The summed E-state index contributed by atoms with van der Waals surface area (Å²) in [4.78, 5) is 0. The van der Waals surface area contributed by atoms with Crippen LogP contribution in [0.4, 0.5) is 0 Å². The smallest absolute Gasteiger partial charge is 0.0443 e. The van der Waals surface area contributed by atoms with Crippen molar-refractivity contribution < 1.29 is 0 Å². The van der Waals surface area contributed by atoms with E-state index in [2.05, 4.69) is 19.1 Å². The van der Waals surface area contributed by atoms with Gasteiger partial charge in [0.15, 0.2) is 0 Å². The van der Waals surface area contributed by atoms with Gasteiger partial charge < -0.3 is 5.73 Å². The first kappa shape index (κ1) is 9.56. The van der Waals surface area contributed by atoms with Gasteiger partial charge in [-0.2, -0.15) is 0 Å². The number of hydrogen-bond acceptors (Lipinski definition) is 1. The molecule has 2 N–H and O–H groups in total. The van der Waals surface area contributed by atoms with Gasteiger partial charge in [0.25, 0.3) is 0 Å². The lowest BCUT2D eigenvalue weighted by molar-refractivity contribution is 0.774. The molecule has 0 fully saturated rings. The van der Waals surface area contributed by atoms with E-state index in [1.165, 1.54) is 5.56 Å². The molecule has 0 heterocycles. The third-order valence-electron chi connectivity index (χ3n) is 2.04. The van der Waals surface area contributed by atoms with Crippen molar-refractivity contribution in [2.24, 2.45) is 5.73 Å². The van der Waals surface area contributed by atoms with E-state index in [4.69, 9.17) is 17.3 Å². The van der Waals surface area contributed by atoms with Crippen LogP contribution in [0.25, 0.3) is 0 Å². The van der Waals surface area contributed by atoms with Gasteiger partial charge in [-0.3, -0.25) is 0 Å². The summed E-state index contributed by atoms with van der Waals surface area (Å²) in [7, 11) is 0. The Hall–Kier alpha value is -0.530. The maximum atomic E-state index is 6.05. The van der Waals surface area contributed by atoms with Crippen molar-refractivity contribution in [1.82, 2.24) is 0 Å². The van der Waals surface area contributed by atoms with Crippen LogP contribution in [0.1, 0.15) is 24.0 Å². The lowest BCUT2D eigenvalue weighted by Crippen LogP contribution is -2.09. The van der Waals surface area contributed by atoms with Crippen LogP contribution in [0, 0.1) is 6.92 Å². The van der Waals surface area contributed by atoms with Crippen molar-refractivity contribution in [2.45, 2.75) is 19.8 Å². The highest BCUT2D eigenvalue weighted by molar-refractivity contribution is 6.31. The van der Waals surface area contributed by atoms with Gasteiger partial charge in [0, 0.05) is 5.02 Å². The van der Waals surface area contributed by atoms with E-state index in [-0.39, 0.29) is 0 Å². The van der Waals surface area contributed by atoms with Gasteiger partial charge in [0.05, 0.1) is 0 Å². The molecule has 0 saturated heterocycles. The number of benzene rings is 1. The quantitative estimate of drug-likeness (QED) is 0.750. The maximum Gasteiger partial charge on any atom is 0.0443 e. The molecule has 1 nitrogen and oxygen atoms in total. The van der Waals surface area contributed by atoms with Crippen molar-refractivity contribution in [3.63, 3.8) is 0 Å². The van der Waals surface area contributed by atoms with Gasteiger partial charge in [0.1, 0.15) is 0 Å². The predicted molar refractivity (Wildman–Crippen MR) is 53.7 cm³/mol. The molecule has 0 spiro atoms. The summed E-state index contributed by atoms with van der Waals surface area (Å²) >= 11 is 6.05. The molecule has 1 rings (SSSR count). The molecule has 12 heavy (non-hydrogen) atoms. The zero-order valence-corrected chi connectivity index (χ0v) is 8.23. The molecular weight excluding hydrogens is 170 g/mol. The van der Waals surface area contributed by atoms with Crippen molar-refractivity contribution in [3.8, 4) is 0 Å². The topological polar surface area (TPSA) is 26.0 Å². The van der Waals surface area contributed by atoms with E-state index < -0.39 is 0 Å². The van der Waals surface area contributed by atoms with E-state index in [0.29, 0.717) is 12.5 Å². The average Bonchev–Trinajstić information content (AvgIpc) is 2.03. The minimum absolute atomic E-state index is 0.345. The molecule has 2 heteroatoms. The maximum absolute atomic E-state index is 6.05. The van der Waals surface area contributed by atoms with Gasteiger partial charge in [0.2, 0.25) is 0 Å². The van der Waals surface area contributed by atoms with E-state index >= 15 is 0 Å². The van der Waals surface area contributed by atoms with Gasteiger partial charge in [-0.1, -0.05) is 30.7 Å². The molecule has 0 aliphatic heterocycles. The second kappa shape index (κ2) is 3.92. The molecule has 0 aliphatic rings. The van der Waals surface area contributed by atoms with Crippen LogP contribution in [0.2, 0.25) is 5.02 Å². The first-order valence-corrected chi connectivity index (χ1v) is 4.49. The highest BCUT2D eigenvalue weighted by atomic mass is 35.5. The van der Waals surface area contributed by atoms with Crippen molar-refractivity contribution in [1.29, 1.82) is 0 Å². The summed E-state index contributed by atoms with van der Waals surface area (Å²) in [5, 5.41) is 0.827. The molecule has 66 valence electrons. The Morgan fingerprint density at radius 1 is 1.50 bits per heavy atom. The SMILES string of the molecule is Cc1ccc(C(C)CN)c(Cl)c1. The first-order valence-electron chi connectivity index (χ1n) is 4.11. The summed E-state index contributed by atoms with van der Waals surface area (Å²) in [6.45, 7) is 4.75. The minimum Gasteiger partial charge on any atom is -0.330 e. The van der Waals surface area contributed by atoms with Crippen molar-refractivity contribution in [2.75, 3.05) is 6.54 Å². The zero-order valence-electron chi connectivity index (χ0n) is 7.47. The van der Waals surface area contributed by atoms with Crippen LogP contribution in [0.3, 0.4) is 0 Å². The average molecular weight is 184 g/mol. The lowest BCUT2D eigenvalue weighted by atomic mass is 10.0. The fourth-order valence-electron chi connectivity index (χ4n) is 1.16. The molecule has 0 bridgehead atoms. The summed E-state index contributed by atoms with van der Waals surface area (Å²) < 4.78 is 0. The Morgan fingerprint density at radius 3 is 2.67 bits per heavy atom. The van der Waals surface area contributed by atoms with E-state index in [0.717, 1.165) is 10.6 Å². The van der Waals surface area contributed by atoms with Gasteiger partial charge in [-0.05, 0) is 36.6 Å². The largest absolute Gasteiger partial charge is 0.330 e. The predicted octanol–water partition coefficient (Wildman–Crippen LogP) is 2.71. The number of hydrogen-bond donors (Lipinski definition) is 1. The summed E-state index contributed by atoms with van der Waals surface area (Å²) in [5.41, 5.74) is 7.88. The summed E-state index contributed by atoms with van der Waals surface area (Å²) in [5.74, 6) is 0.345. The van der Waals surface area contributed by atoms with E-state index in [1.807, 2.05) is 13.0 Å². The fourth-order valence-corrected chi connectivity index (χ4v) is 1.58. The highest BCUT2D eigenvalue weighted by Gasteiger charge is 2.06. The van der Waals surface area contributed by atoms with Crippen molar-refractivity contribution >= 4 is 11.6 Å². The number of aryl methyl sites for hydroxylation is 1. The molecule has 1 atom stereocenters. The number of halogens is 1. The number of nitrogens with two attached hydrogens (primary N) is 1. The second-order valence-electron chi connectivity index (χ2n) is 3.16. The summed E-state index contributed by atoms with van der Waals surface area (Å²) in [6, 6.07) is 6.09. The molecule has 0 aromatic heterocycles. The highest BCUT2D eigenvalue weighted by Crippen LogP contribution is 2.24. The third-order valence-corrected chi connectivity index (χ3v) is 2.37. The Bertz CT molecular complexity index is 271. The van der Waals surface area contributed by atoms with Crippen LogP contribution < -0.4 is 5.73 Å². The molecule has 1 unspecified atom stereocenters. The Balaban J connectivity index is 3.01. The summed E-state index contributed by atoms with van der Waals surface area (Å²) in [6.07, 6.45) is 0. The molecular formula is C10H14ClN. The third kappa shape index (κ3) is 1.99. The van der Waals surface area contributed by atoms with E-state index in [9.17, 15) is 0 Å². The van der Waals surface area contributed by atoms with Crippen LogP contribution >= 0.6 is 11.6 Å². The second-order valence-corrected chi connectivity index (χ2v) is 3.57. The van der Waals surface area contributed by atoms with Crippen LogP contribution in [-0.4, -0.2) is 6.54 Å². The Labute approximate surface area is 78.5 Å². The first-order chi connectivity index (χ1) is 5.65. The van der Waals surface area contributed by atoms with Gasteiger partial charge in [-0.25, -0.2) is 0 Å². The Kier molecular flexibility index (Phi) is 3.12. The van der Waals surface area contributed by atoms with Gasteiger partial charge >= 0.3 is 0 Å². The van der Waals surface area contributed by atoms with E-state index in [1.54, 1.807) is 0 Å². The normalized spacial score (nSPS) is 13.0. The zero-order chi connectivity index (χ0) is 9.14. The van der Waals surface area contributed by atoms with Crippen LogP contribution in [0.5, 0.6) is 0 Å². The molecule has 1 aromatic rings. The van der Waals surface area contributed by atoms with Crippen molar-refractivity contribution in [3.05, 3.63) is 34.3 Å². The van der Waals surface area contributed by atoms with Gasteiger partial charge in [-0.15, -0.1) is 0 Å². The molecule has 1 aromatic carbocycles. The monoisotopic (exact) mass is 183 g/mol.